The summed E-state index contributed by atoms with van der Waals surface area (Å²) in [5, 5.41) is 9.12. The van der Waals surface area contributed by atoms with Crippen LogP contribution in [0, 0.1) is 5.82 Å². The van der Waals surface area contributed by atoms with Crippen LogP contribution in [0.25, 0.3) is 0 Å². The number of pyridine rings is 1. The summed E-state index contributed by atoms with van der Waals surface area (Å²) in [7, 11) is 0. The van der Waals surface area contributed by atoms with Gasteiger partial charge in [0.25, 0.3) is 0 Å². The summed E-state index contributed by atoms with van der Waals surface area (Å²) in [6.45, 7) is 4.61. The molecule has 5 rings (SSSR count). The van der Waals surface area contributed by atoms with Crippen molar-refractivity contribution in [1.82, 2.24) is 15.2 Å². The number of halogens is 4. The van der Waals surface area contributed by atoms with Gasteiger partial charge in [-0.25, -0.2) is 9.37 Å². The molecule has 3 aromatic rings. The smallest absolute Gasteiger partial charge is 0.351 e. The maximum absolute atomic E-state index is 13.6. The lowest BCUT2D eigenvalue weighted by Crippen LogP contribution is -2.53. The molecule has 0 radical (unpaired) electrons. The summed E-state index contributed by atoms with van der Waals surface area (Å²) in [6.07, 6.45) is -0.212. The Morgan fingerprint density at radius 2 is 1.81 bits per heavy atom. The minimum absolute atomic E-state index is 0.136. The normalized spacial score (nSPS) is 17.7. The fraction of sp³-hybridized carbons (Fsp3) is 0.407. The van der Waals surface area contributed by atoms with Gasteiger partial charge in [0.2, 0.25) is 0 Å². The van der Waals surface area contributed by atoms with Crippen molar-refractivity contribution in [3.8, 4) is 0 Å². The van der Waals surface area contributed by atoms with Crippen molar-refractivity contribution in [2.45, 2.75) is 51.7 Å². The van der Waals surface area contributed by atoms with E-state index in [0.29, 0.717) is 26.1 Å². The predicted octanol–water partition coefficient (Wildman–Crippen LogP) is 5.03. The van der Waals surface area contributed by atoms with Crippen molar-refractivity contribution in [3.05, 3.63) is 75.9 Å². The second kappa shape index (κ2) is 9.72. The zero-order valence-corrected chi connectivity index (χ0v) is 20.6. The first kappa shape index (κ1) is 25.1. The third-order valence-electron chi connectivity index (χ3n) is 7.18. The summed E-state index contributed by atoms with van der Waals surface area (Å²) in [5.41, 5.74) is 2.87. The van der Waals surface area contributed by atoms with Crippen LogP contribution >= 0.6 is 0 Å². The third-order valence-corrected chi connectivity index (χ3v) is 7.18. The van der Waals surface area contributed by atoms with Gasteiger partial charge in [0.15, 0.2) is 11.6 Å². The van der Waals surface area contributed by atoms with Crippen molar-refractivity contribution in [2.75, 3.05) is 29.4 Å². The summed E-state index contributed by atoms with van der Waals surface area (Å²) >= 11 is 0. The number of rotatable bonds is 5. The van der Waals surface area contributed by atoms with Crippen LogP contribution in [-0.4, -0.2) is 46.6 Å². The average Bonchev–Trinajstić information content (AvgIpc) is 3.35. The van der Waals surface area contributed by atoms with Crippen LogP contribution in [0.5, 0.6) is 0 Å². The van der Waals surface area contributed by atoms with Crippen molar-refractivity contribution < 1.29 is 22.4 Å². The lowest BCUT2D eigenvalue weighted by molar-refractivity contribution is -0.137. The number of hydrogen-bond donors (Lipinski definition) is 0. The Hall–Kier alpha value is -3.56. The first-order valence-electron chi connectivity index (χ1n) is 12.3. The van der Waals surface area contributed by atoms with Gasteiger partial charge in [-0.05, 0) is 62.4 Å². The molecule has 10 heteroatoms. The van der Waals surface area contributed by atoms with Crippen LogP contribution in [-0.2, 0) is 25.4 Å². The monoisotopic (exact) mass is 513 g/mol. The van der Waals surface area contributed by atoms with Gasteiger partial charge in [0.05, 0.1) is 11.3 Å². The highest BCUT2D eigenvalue weighted by Crippen LogP contribution is 2.36. The molecule has 1 aliphatic carbocycles. The molecule has 6 nitrogen and oxygen atoms in total. The van der Waals surface area contributed by atoms with Gasteiger partial charge in [-0.15, -0.1) is 5.10 Å². The van der Waals surface area contributed by atoms with Crippen LogP contribution in [0.4, 0.5) is 29.2 Å². The number of piperazine rings is 1. The molecule has 0 N–H and O–H groups in total. The number of benzene rings is 1. The minimum atomic E-state index is -4.64. The fourth-order valence-corrected chi connectivity index (χ4v) is 5.34. The molecule has 0 amide bonds. The van der Waals surface area contributed by atoms with Gasteiger partial charge in [0, 0.05) is 49.4 Å². The molecular formula is C27H27F4N5O. The number of anilines is 2. The number of carbonyl (C=O) groups is 1. The van der Waals surface area contributed by atoms with E-state index in [1.165, 1.54) is 23.3 Å². The first-order valence-corrected chi connectivity index (χ1v) is 12.3. The Balaban J connectivity index is 1.36. The van der Waals surface area contributed by atoms with E-state index in [1.807, 2.05) is 11.8 Å². The van der Waals surface area contributed by atoms with Crippen molar-refractivity contribution in [2.24, 2.45) is 0 Å². The molecule has 1 aromatic carbocycles. The summed E-state index contributed by atoms with van der Waals surface area (Å²) < 4.78 is 54.1. The molecule has 3 heterocycles. The quantitative estimate of drug-likeness (QED) is 0.353. The zero-order chi connectivity index (χ0) is 26.3. The fourth-order valence-electron chi connectivity index (χ4n) is 5.34. The number of alkyl halides is 3. The standard InChI is InChI=1S/C27H27F4N5O/c1-16-15-35(10-11-36(16)25-13-23(27(29,30)31)22(14-32-25)17(2)37)26-21-5-3-4-20(21)24(33-34-26)12-18-6-8-19(28)9-7-18/h6-9,13-14,16H,3-5,10-12,15H2,1-2H3/t16-/m1/s1. The number of nitrogens with zero attached hydrogens (tertiary/aromatic N) is 5. The van der Waals surface area contributed by atoms with Crippen molar-refractivity contribution >= 4 is 17.4 Å². The van der Waals surface area contributed by atoms with Crippen molar-refractivity contribution in [1.29, 1.82) is 0 Å². The first-order chi connectivity index (χ1) is 17.6. The van der Waals surface area contributed by atoms with Crippen LogP contribution in [0.2, 0.25) is 0 Å². The highest BCUT2D eigenvalue weighted by Gasteiger charge is 2.37. The van der Waals surface area contributed by atoms with E-state index in [9.17, 15) is 22.4 Å². The molecule has 0 bridgehead atoms. The van der Waals surface area contributed by atoms with E-state index < -0.39 is 23.1 Å². The number of fused-ring (bicyclic) bond motifs is 1. The van der Waals surface area contributed by atoms with E-state index in [-0.39, 0.29) is 17.7 Å². The summed E-state index contributed by atoms with van der Waals surface area (Å²) in [5.74, 6) is 0.0935. The van der Waals surface area contributed by atoms with Crippen LogP contribution in [0.3, 0.4) is 0 Å². The number of hydrogen-bond acceptors (Lipinski definition) is 6. The average molecular weight is 514 g/mol. The number of ketones is 1. The van der Waals surface area contributed by atoms with Crippen molar-refractivity contribution in [3.63, 3.8) is 0 Å². The minimum Gasteiger partial charge on any atom is -0.351 e. The van der Waals surface area contributed by atoms with Gasteiger partial charge in [0.1, 0.15) is 11.6 Å². The van der Waals surface area contributed by atoms with E-state index >= 15 is 0 Å². The molecule has 0 saturated carbocycles. The number of aromatic nitrogens is 3. The van der Waals surface area contributed by atoms with Gasteiger partial charge >= 0.3 is 6.18 Å². The number of carbonyl (C=O) groups excluding carboxylic acids is 1. The van der Waals surface area contributed by atoms with Gasteiger partial charge in [-0.3, -0.25) is 4.79 Å². The molecule has 1 saturated heterocycles. The van der Waals surface area contributed by atoms with Crippen LogP contribution < -0.4 is 9.80 Å². The molecule has 194 valence electrons. The van der Waals surface area contributed by atoms with E-state index in [1.54, 1.807) is 12.1 Å². The Kier molecular flexibility index (Phi) is 6.59. The Morgan fingerprint density at radius 1 is 1.08 bits per heavy atom. The lowest BCUT2D eigenvalue weighted by Gasteiger charge is -2.41. The van der Waals surface area contributed by atoms with Gasteiger partial charge in [-0.2, -0.15) is 18.3 Å². The predicted molar refractivity (Wildman–Crippen MR) is 132 cm³/mol. The SMILES string of the molecule is CC(=O)c1cnc(N2CCN(c3nnc(Cc4ccc(F)cc4)c4c3CCC4)C[C@H]2C)cc1C(F)(F)F. The molecular weight excluding hydrogens is 486 g/mol. The second-order valence-electron chi connectivity index (χ2n) is 9.71. The highest BCUT2D eigenvalue weighted by atomic mass is 19.4. The summed E-state index contributed by atoms with van der Waals surface area (Å²) in [4.78, 5) is 19.9. The third kappa shape index (κ3) is 5.01. The Labute approximate surface area is 212 Å². The maximum atomic E-state index is 13.6. The van der Waals surface area contributed by atoms with Crippen LogP contribution in [0.1, 0.15) is 58.6 Å². The molecule has 1 aliphatic heterocycles. The molecule has 2 aromatic heterocycles. The molecule has 0 spiro atoms. The Bertz CT molecular complexity index is 1330. The van der Waals surface area contributed by atoms with E-state index in [2.05, 4.69) is 20.1 Å². The van der Waals surface area contributed by atoms with Gasteiger partial charge in [-0.1, -0.05) is 12.1 Å². The molecule has 1 atom stereocenters. The number of Topliss-reactive ketones (excluding diaryl/α,β-unsaturated/α-hetero) is 1. The van der Waals surface area contributed by atoms with E-state index in [4.69, 9.17) is 0 Å². The highest BCUT2D eigenvalue weighted by molar-refractivity contribution is 5.95. The van der Waals surface area contributed by atoms with Crippen LogP contribution in [0.15, 0.2) is 36.5 Å². The van der Waals surface area contributed by atoms with Gasteiger partial charge < -0.3 is 9.80 Å². The Morgan fingerprint density at radius 3 is 2.49 bits per heavy atom. The topological polar surface area (TPSA) is 62.2 Å². The second-order valence-corrected chi connectivity index (χ2v) is 9.71. The molecule has 37 heavy (non-hydrogen) atoms. The van der Waals surface area contributed by atoms with E-state index in [0.717, 1.165) is 55.5 Å². The lowest BCUT2D eigenvalue weighted by atomic mass is 10.0. The zero-order valence-electron chi connectivity index (χ0n) is 20.6. The molecule has 2 aliphatic rings. The summed E-state index contributed by atoms with van der Waals surface area (Å²) in [6, 6.07) is 7.24. The maximum Gasteiger partial charge on any atom is 0.417 e. The molecule has 0 unspecified atom stereocenters. The molecule has 1 fully saturated rings. The largest absolute Gasteiger partial charge is 0.417 e.